The highest BCUT2D eigenvalue weighted by Gasteiger charge is 2.16. The van der Waals surface area contributed by atoms with Gasteiger partial charge in [0.25, 0.3) is 5.56 Å². The third-order valence-corrected chi connectivity index (χ3v) is 5.90. The Hall–Kier alpha value is -2.91. The third kappa shape index (κ3) is 4.32. The van der Waals surface area contributed by atoms with Crippen molar-refractivity contribution < 1.29 is 8.42 Å². The van der Waals surface area contributed by atoms with E-state index in [0.29, 0.717) is 6.54 Å². The number of likely N-dealkylation sites (N-methyl/N-ethyl adjacent to an activating group) is 1. The van der Waals surface area contributed by atoms with E-state index in [4.69, 9.17) is 0 Å². The van der Waals surface area contributed by atoms with Crippen molar-refractivity contribution in [1.82, 2.24) is 14.7 Å². The lowest BCUT2D eigenvalue weighted by atomic mass is 10.2. The second-order valence-electron chi connectivity index (χ2n) is 6.43. The number of rotatable bonds is 7. The van der Waals surface area contributed by atoms with Crippen LogP contribution in [0.2, 0.25) is 0 Å². The van der Waals surface area contributed by atoms with Crippen molar-refractivity contribution in [3.8, 4) is 0 Å². The number of hydrogen-bond donors (Lipinski definition) is 3. The zero-order valence-electron chi connectivity index (χ0n) is 15.7. The van der Waals surface area contributed by atoms with Gasteiger partial charge in [0.15, 0.2) is 0 Å². The van der Waals surface area contributed by atoms with Crippen molar-refractivity contribution in [2.45, 2.75) is 18.7 Å². The molecule has 2 aromatic carbocycles. The second-order valence-corrected chi connectivity index (χ2v) is 8.20. The van der Waals surface area contributed by atoms with Gasteiger partial charge in [0.05, 0.1) is 15.8 Å². The number of anilines is 1. The third-order valence-electron chi connectivity index (χ3n) is 4.44. The summed E-state index contributed by atoms with van der Waals surface area (Å²) in [6, 6.07) is 12.0. The number of nitrogens with one attached hydrogen (secondary N) is 3. The summed E-state index contributed by atoms with van der Waals surface area (Å²) in [5.74, 6) is 0. The van der Waals surface area contributed by atoms with Crippen LogP contribution in [-0.4, -0.2) is 38.0 Å². The first-order valence-electron chi connectivity index (χ1n) is 8.88. The number of nitrogens with zero attached hydrogens (tertiary/aromatic N) is 1. The van der Waals surface area contributed by atoms with Gasteiger partial charge in [-0.1, -0.05) is 12.1 Å². The molecule has 0 aliphatic carbocycles. The van der Waals surface area contributed by atoms with Crippen LogP contribution >= 0.6 is 0 Å². The molecule has 0 amide bonds. The van der Waals surface area contributed by atoms with Crippen molar-refractivity contribution in [1.29, 1.82) is 0 Å². The normalized spacial score (nSPS) is 11.6. The average Bonchev–Trinajstić information content (AvgIpc) is 2.64. The predicted octanol–water partition coefficient (Wildman–Crippen LogP) is 1.33. The van der Waals surface area contributed by atoms with Crippen molar-refractivity contribution in [2.75, 3.05) is 24.5 Å². The summed E-state index contributed by atoms with van der Waals surface area (Å²) in [6.45, 7) is 5.47. The van der Waals surface area contributed by atoms with E-state index in [-0.39, 0.29) is 22.3 Å². The molecule has 0 aliphatic rings. The van der Waals surface area contributed by atoms with E-state index < -0.39 is 21.3 Å². The highest BCUT2D eigenvalue weighted by Crippen LogP contribution is 2.16. The molecule has 9 heteroatoms. The Morgan fingerprint density at radius 1 is 1.07 bits per heavy atom. The summed E-state index contributed by atoms with van der Waals surface area (Å²) >= 11 is 0. The highest BCUT2D eigenvalue weighted by atomic mass is 32.2. The number of H-pyrrole nitrogens is 2. The van der Waals surface area contributed by atoms with E-state index in [9.17, 15) is 18.0 Å². The Bertz CT molecular complexity index is 1210. The molecular weight excluding hydrogens is 380 g/mol. The number of fused-ring (bicyclic) bond motifs is 1. The molecule has 3 aromatic rings. The monoisotopic (exact) mass is 402 g/mol. The van der Waals surface area contributed by atoms with Gasteiger partial charge in [0.2, 0.25) is 10.0 Å². The molecule has 0 fully saturated rings. The molecule has 8 nitrogen and oxygen atoms in total. The van der Waals surface area contributed by atoms with Gasteiger partial charge in [0, 0.05) is 25.3 Å². The van der Waals surface area contributed by atoms with E-state index in [1.165, 1.54) is 18.2 Å². The Labute approximate surface area is 162 Å². The number of aromatic nitrogens is 2. The molecule has 0 spiro atoms. The standard InChI is InChI=1S/C19H22N4O4S/c1-3-23(14-6-4-5-13(2)11-14)10-9-20-28(26,27)15-7-8-17-16(12-15)18(24)22-19(25)21-17/h4-8,11-12,20H,3,9-10H2,1-2H3,(H2,21,22,24,25). The molecule has 0 atom stereocenters. The molecule has 0 aliphatic heterocycles. The van der Waals surface area contributed by atoms with Gasteiger partial charge in [-0.25, -0.2) is 17.9 Å². The smallest absolute Gasteiger partial charge is 0.326 e. The zero-order chi connectivity index (χ0) is 20.3. The van der Waals surface area contributed by atoms with Crippen LogP contribution < -0.4 is 20.9 Å². The molecule has 0 saturated heterocycles. The van der Waals surface area contributed by atoms with Gasteiger partial charge >= 0.3 is 5.69 Å². The minimum absolute atomic E-state index is 0.0313. The average molecular weight is 402 g/mol. The largest absolute Gasteiger partial charge is 0.370 e. The van der Waals surface area contributed by atoms with Gasteiger partial charge in [-0.05, 0) is 49.7 Å². The SMILES string of the molecule is CCN(CCNS(=O)(=O)c1ccc2[nH]c(=O)[nH]c(=O)c2c1)c1cccc(C)c1. The maximum Gasteiger partial charge on any atom is 0.326 e. The van der Waals surface area contributed by atoms with Crippen molar-refractivity contribution in [2.24, 2.45) is 0 Å². The number of aryl methyl sites for hydroxylation is 1. The van der Waals surface area contributed by atoms with E-state index in [2.05, 4.69) is 19.6 Å². The van der Waals surface area contributed by atoms with Crippen LogP contribution in [0.1, 0.15) is 12.5 Å². The van der Waals surface area contributed by atoms with Crippen LogP contribution in [0.15, 0.2) is 56.9 Å². The molecule has 1 heterocycles. The Kier molecular flexibility index (Phi) is 5.66. The summed E-state index contributed by atoms with van der Waals surface area (Å²) < 4.78 is 27.8. The summed E-state index contributed by atoms with van der Waals surface area (Å²) in [4.78, 5) is 29.8. The number of aromatic amines is 2. The van der Waals surface area contributed by atoms with E-state index in [0.717, 1.165) is 17.8 Å². The molecule has 28 heavy (non-hydrogen) atoms. The van der Waals surface area contributed by atoms with Gasteiger partial charge in [-0.2, -0.15) is 0 Å². The molecule has 0 unspecified atom stereocenters. The van der Waals surface area contributed by atoms with Crippen LogP contribution in [0.5, 0.6) is 0 Å². The van der Waals surface area contributed by atoms with Crippen LogP contribution in [0.4, 0.5) is 5.69 Å². The summed E-state index contributed by atoms with van der Waals surface area (Å²) in [7, 11) is -3.79. The number of benzene rings is 2. The first-order valence-corrected chi connectivity index (χ1v) is 10.4. The summed E-state index contributed by atoms with van der Waals surface area (Å²) in [6.07, 6.45) is 0. The molecule has 148 valence electrons. The molecule has 0 radical (unpaired) electrons. The van der Waals surface area contributed by atoms with Crippen LogP contribution in [-0.2, 0) is 10.0 Å². The highest BCUT2D eigenvalue weighted by molar-refractivity contribution is 7.89. The van der Waals surface area contributed by atoms with Gasteiger partial charge < -0.3 is 9.88 Å². The predicted molar refractivity (Wildman–Crippen MR) is 109 cm³/mol. The lowest BCUT2D eigenvalue weighted by molar-refractivity contribution is 0.581. The maximum absolute atomic E-state index is 12.6. The number of hydrogen-bond acceptors (Lipinski definition) is 5. The van der Waals surface area contributed by atoms with E-state index >= 15 is 0 Å². The van der Waals surface area contributed by atoms with Gasteiger partial charge in [0.1, 0.15) is 0 Å². The Morgan fingerprint density at radius 3 is 2.57 bits per heavy atom. The molecule has 3 rings (SSSR count). The quantitative estimate of drug-likeness (QED) is 0.551. The topological polar surface area (TPSA) is 115 Å². The maximum atomic E-state index is 12.6. The van der Waals surface area contributed by atoms with Crippen LogP contribution in [0.25, 0.3) is 10.9 Å². The van der Waals surface area contributed by atoms with E-state index in [1.807, 2.05) is 38.1 Å². The molecular formula is C19H22N4O4S. The van der Waals surface area contributed by atoms with Crippen molar-refractivity contribution >= 4 is 26.6 Å². The molecule has 0 saturated carbocycles. The summed E-state index contributed by atoms with van der Waals surface area (Å²) in [5.41, 5.74) is 1.18. The number of sulfonamides is 1. The minimum atomic E-state index is -3.79. The Morgan fingerprint density at radius 2 is 1.86 bits per heavy atom. The lowest BCUT2D eigenvalue weighted by Crippen LogP contribution is -2.35. The van der Waals surface area contributed by atoms with Crippen molar-refractivity contribution in [3.63, 3.8) is 0 Å². The van der Waals surface area contributed by atoms with Gasteiger partial charge in [-0.15, -0.1) is 0 Å². The Balaban J connectivity index is 1.76. The second kappa shape index (κ2) is 7.99. The van der Waals surface area contributed by atoms with Crippen LogP contribution in [0, 0.1) is 6.92 Å². The zero-order valence-corrected chi connectivity index (χ0v) is 16.5. The lowest BCUT2D eigenvalue weighted by Gasteiger charge is -2.23. The van der Waals surface area contributed by atoms with Crippen molar-refractivity contribution in [3.05, 3.63) is 68.9 Å². The fourth-order valence-corrected chi connectivity index (χ4v) is 4.05. The molecule has 0 bridgehead atoms. The summed E-state index contributed by atoms with van der Waals surface area (Å²) in [5, 5.41) is 0.109. The molecule has 3 N–H and O–H groups in total. The fraction of sp³-hybridized carbons (Fsp3) is 0.263. The first kappa shape index (κ1) is 19.8. The van der Waals surface area contributed by atoms with E-state index in [1.54, 1.807) is 0 Å². The minimum Gasteiger partial charge on any atom is -0.370 e. The van der Waals surface area contributed by atoms with Crippen LogP contribution in [0.3, 0.4) is 0 Å². The van der Waals surface area contributed by atoms with Gasteiger partial charge in [-0.3, -0.25) is 9.78 Å². The fourth-order valence-electron chi connectivity index (χ4n) is 3.00. The first-order chi connectivity index (χ1) is 13.3. The molecule has 1 aromatic heterocycles.